The number of carbonyl (C=O) groups excluding carboxylic acids is 1. The minimum atomic E-state index is -0.616. The average Bonchev–Trinajstić information content (AvgIpc) is 1.94. The van der Waals surface area contributed by atoms with Gasteiger partial charge in [-0.25, -0.2) is 4.79 Å². The van der Waals surface area contributed by atoms with Gasteiger partial charge in [0.05, 0.1) is 18.8 Å². The first-order valence-electron chi connectivity index (χ1n) is 4.46. The highest BCUT2D eigenvalue weighted by Gasteiger charge is 2.32. The van der Waals surface area contributed by atoms with Crippen LogP contribution in [-0.4, -0.2) is 36.7 Å². The Morgan fingerprint density at radius 2 is 2.14 bits per heavy atom. The van der Waals surface area contributed by atoms with E-state index in [1.54, 1.807) is 20.8 Å². The van der Waals surface area contributed by atoms with E-state index in [0.29, 0.717) is 13.2 Å². The summed E-state index contributed by atoms with van der Waals surface area (Å²) in [7, 11) is 0. The molecule has 0 bridgehead atoms. The van der Waals surface area contributed by atoms with Gasteiger partial charge in [0, 0.05) is 6.21 Å². The van der Waals surface area contributed by atoms with Crippen LogP contribution in [0.3, 0.4) is 0 Å². The highest BCUT2D eigenvalue weighted by Crippen LogP contribution is 2.11. The number of ether oxygens (including phenoxy) is 2. The van der Waals surface area contributed by atoms with Crippen LogP contribution in [0.1, 0.15) is 20.8 Å². The Hall–Kier alpha value is -0.940. The Morgan fingerprint density at radius 3 is 2.50 bits per heavy atom. The van der Waals surface area contributed by atoms with E-state index < -0.39 is 17.2 Å². The molecule has 0 aromatic rings. The lowest BCUT2D eigenvalue weighted by Gasteiger charge is -2.33. The number of rotatable bonds is 1. The Morgan fingerprint density at radius 1 is 1.57 bits per heavy atom. The molecule has 80 valence electrons. The zero-order chi connectivity index (χ0) is 10.8. The molecule has 5 heteroatoms. The summed E-state index contributed by atoms with van der Waals surface area (Å²) in [6.07, 6.45) is 0.777. The number of nitrogens with zero attached hydrogens (tertiary/aromatic N) is 1. The lowest BCUT2D eigenvalue weighted by atomic mass is 10.0. The molecule has 0 atom stereocenters. The highest BCUT2D eigenvalue weighted by molar-refractivity contribution is 5.84. The lowest BCUT2D eigenvalue weighted by molar-refractivity contribution is -0.0154. The maximum Gasteiger partial charge on any atom is 0.433 e. The van der Waals surface area contributed by atoms with Gasteiger partial charge in [-0.3, -0.25) is 0 Å². The van der Waals surface area contributed by atoms with Crippen LogP contribution in [0.5, 0.6) is 0 Å². The average molecular weight is 200 g/mol. The second-order valence-corrected chi connectivity index (χ2v) is 4.46. The second-order valence-electron chi connectivity index (χ2n) is 4.46. The molecule has 0 saturated carbocycles. The third-order valence-electron chi connectivity index (χ3n) is 1.56. The van der Waals surface area contributed by atoms with Crippen LogP contribution in [0.4, 0.5) is 4.79 Å². The first-order valence-corrected chi connectivity index (χ1v) is 4.46. The molecule has 0 spiro atoms. The minimum Gasteiger partial charge on any atom is -0.442 e. The van der Waals surface area contributed by atoms with Crippen molar-refractivity contribution in [1.82, 2.24) is 0 Å². The monoisotopic (exact) mass is 200 g/mol. The molecule has 1 amide bonds. The summed E-state index contributed by atoms with van der Waals surface area (Å²) in [5, 5.41) is 0. The lowest BCUT2D eigenvalue weighted by Crippen LogP contribution is -2.58. The van der Waals surface area contributed by atoms with E-state index in [9.17, 15) is 4.79 Å². The fraction of sp³-hybridized carbons (Fsp3) is 0.778. The number of nitrogens with two attached hydrogens (primary N) is 1. The fourth-order valence-corrected chi connectivity index (χ4v) is 0.882. The SMILES string of the molecule is CC(C)(C)OC(=O)N=CC1(N)COC1. The summed E-state index contributed by atoms with van der Waals surface area (Å²) < 4.78 is 9.87. The summed E-state index contributed by atoms with van der Waals surface area (Å²) >= 11 is 0. The molecule has 0 aliphatic carbocycles. The normalized spacial score (nSPS) is 20.6. The Labute approximate surface area is 83.3 Å². The molecule has 0 aromatic heterocycles. The Bertz CT molecular complexity index is 251. The van der Waals surface area contributed by atoms with Crippen LogP contribution in [0.2, 0.25) is 0 Å². The summed E-state index contributed by atoms with van der Waals surface area (Å²) in [5.41, 5.74) is 4.62. The van der Waals surface area contributed by atoms with E-state index in [1.807, 2.05) is 0 Å². The first-order chi connectivity index (χ1) is 6.31. The third-order valence-corrected chi connectivity index (χ3v) is 1.56. The fourth-order valence-electron chi connectivity index (χ4n) is 0.882. The molecule has 1 aliphatic rings. The maximum absolute atomic E-state index is 11.1. The van der Waals surface area contributed by atoms with E-state index in [0.717, 1.165) is 0 Å². The Balaban J connectivity index is 2.40. The van der Waals surface area contributed by atoms with Crippen molar-refractivity contribution in [3.8, 4) is 0 Å². The maximum atomic E-state index is 11.1. The van der Waals surface area contributed by atoms with Gasteiger partial charge in [-0.2, -0.15) is 4.99 Å². The second kappa shape index (κ2) is 3.67. The highest BCUT2D eigenvalue weighted by atomic mass is 16.6. The third kappa shape index (κ3) is 3.43. The van der Waals surface area contributed by atoms with Crippen molar-refractivity contribution in [3.63, 3.8) is 0 Å². The molecule has 1 fully saturated rings. The molecule has 0 unspecified atom stereocenters. The van der Waals surface area contributed by atoms with Gasteiger partial charge in [0.25, 0.3) is 0 Å². The minimum absolute atomic E-state index is 0.402. The number of carbonyl (C=O) groups is 1. The molecular formula is C9H16N2O3. The van der Waals surface area contributed by atoms with Crippen molar-refractivity contribution in [2.75, 3.05) is 13.2 Å². The molecular weight excluding hydrogens is 184 g/mol. The van der Waals surface area contributed by atoms with E-state index in [-0.39, 0.29) is 0 Å². The van der Waals surface area contributed by atoms with Crippen molar-refractivity contribution < 1.29 is 14.3 Å². The van der Waals surface area contributed by atoms with Crippen molar-refractivity contribution in [2.24, 2.45) is 10.7 Å². The molecule has 14 heavy (non-hydrogen) atoms. The molecule has 1 saturated heterocycles. The summed E-state index contributed by atoms with van der Waals surface area (Å²) in [4.78, 5) is 14.7. The first kappa shape index (κ1) is 11.1. The van der Waals surface area contributed by atoms with Crippen LogP contribution in [0, 0.1) is 0 Å². The van der Waals surface area contributed by atoms with Crippen molar-refractivity contribution in [1.29, 1.82) is 0 Å². The molecule has 1 rings (SSSR count). The van der Waals surface area contributed by atoms with E-state index in [2.05, 4.69) is 4.99 Å². The van der Waals surface area contributed by atoms with Crippen molar-refractivity contribution >= 4 is 12.3 Å². The molecule has 0 aromatic carbocycles. The summed E-state index contributed by atoms with van der Waals surface area (Å²) in [5.74, 6) is 0. The van der Waals surface area contributed by atoms with Crippen LogP contribution in [0.25, 0.3) is 0 Å². The van der Waals surface area contributed by atoms with Gasteiger partial charge in [0.2, 0.25) is 0 Å². The predicted octanol–water partition coefficient (Wildman–Crippen LogP) is 0.720. The van der Waals surface area contributed by atoms with Crippen molar-refractivity contribution in [3.05, 3.63) is 0 Å². The molecule has 1 aliphatic heterocycles. The Kier molecular flexibility index (Phi) is 2.92. The van der Waals surface area contributed by atoms with Gasteiger partial charge < -0.3 is 15.2 Å². The number of amides is 1. The zero-order valence-corrected chi connectivity index (χ0v) is 8.74. The van der Waals surface area contributed by atoms with Gasteiger partial charge in [-0.05, 0) is 20.8 Å². The van der Waals surface area contributed by atoms with Gasteiger partial charge in [-0.15, -0.1) is 0 Å². The smallest absolute Gasteiger partial charge is 0.433 e. The summed E-state index contributed by atoms with van der Waals surface area (Å²) in [6, 6.07) is 0. The van der Waals surface area contributed by atoms with E-state index >= 15 is 0 Å². The standard InChI is InChI=1S/C9H16N2O3/c1-8(2,3)14-7(12)11-4-9(10)5-13-6-9/h4H,5-6,10H2,1-3H3. The zero-order valence-electron chi connectivity index (χ0n) is 8.74. The number of hydrogen-bond donors (Lipinski definition) is 1. The van der Waals surface area contributed by atoms with Crippen LogP contribution >= 0.6 is 0 Å². The van der Waals surface area contributed by atoms with Gasteiger partial charge in [0.15, 0.2) is 0 Å². The number of hydrogen-bond acceptors (Lipinski definition) is 4. The van der Waals surface area contributed by atoms with Gasteiger partial charge in [0.1, 0.15) is 5.60 Å². The predicted molar refractivity (Wildman–Crippen MR) is 52.5 cm³/mol. The number of aliphatic imine (C=N–C) groups is 1. The van der Waals surface area contributed by atoms with Gasteiger partial charge >= 0.3 is 6.09 Å². The topological polar surface area (TPSA) is 73.9 Å². The van der Waals surface area contributed by atoms with Gasteiger partial charge in [-0.1, -0.05) is 0 Å². The molecule has 2 N–H and O–H groups in total. The molecule has 1 heterocycles. The van der Waals surface area contributed by atoms with E-state index in [1.165, 1.54) is 6.21 Å². The quantitative estimate of drug-likeness (QED) is 0.633. The van der Waals surface area contributed by atoms with Crippen LogP contribution in [0.15, 0.2) is 4.99 Å². The molecule has 5 nitrogen and oxygen atoms in total. The summed E-state index contributed by atoms with van der Waals surface area (Å²) in [6.45, 7) is 6.15. The largest absolute Gasteiger partial charge is 0.442 e. The van der Waals surface area contributed by atoms with Crippen LogP contribution < -0.4 is 5.73 Å². The van der Waals surface area contributed by atoms with Crippen LogP contribution in [-0.2, 0) is 9.47 Å². The van der Waals surface area contributed by atoms with Crippen molar-refractivity contribution in [2.45, 2.75) is 31.9 Å². The molecule has 0 radical (unpaired) electrons. The van der Waals surface area contributed by atoms with E-state index in [4.69, 9.17) is 15.2 Å².